The maximum atomic E-state index is 12.9. The smallest absolute Gasteiger partial charge is 0.238 e. The van der Waals surface area contributed by atoms with Crippen LogP contribution in [0.2, 0.25) is 0 Å². The number of methoxy groups -OCH3 is 1. The van der Waals surface area contributed by atoms with Crippen molar-refractivity contribution >= 4 is 17.5 Å². The lowest BCUT2D eigenvalue weighted by Crippen LogP contribution is -2.45. The molecule has 0 fully saturated rings. The van der Waals surface area contributed by atoms with E-state index in [0.717, 1.165) is 11.3 Å². The number of nitrogens with zero attached hydrogens (tertiary/aromatic N) is 1. The van der Waals surface area contributed by atoms with Gasteiger partial charge in [-0.2, -0.15) is 0 Å². The first-order valence-electron chi connectivity index (χ1n) is 8.55. The molecular formula is C20H24FN3O3. The zero-order chi connectivity index (χ0) is 19.8. The molecule has 0 aliphatic heterocycles. The summed E-state index contributed by atoms with van der Waals surface area (Å²) in [5, 5.41) is 5.52. The third kappa shape index (κ3) is 6.38. The Morgan fingerprint density at radius 1 is 1.11 bits per heavy atom. The molecule has 6 nitrogen and oxygen atoms in total. The number of rotatable bonds is 8. The Morgan fingerprint density at radius 3 is 2.33 bits per heavy atom. The van der Waals surface area contributed by atoms with Gasteiger partial charge in [0.05, 0.1) is 19.7 Å². The van der Waals surface area contributed by atoms with Crippen LogP contribution in [0.1, 0.15) is 12.5 Å². The van der Waals surface area contributed by atoms with Gasteiger partial charge in [-0.25, -0.2) is 4.39 Å². The molecule has 0 aromatic heterocycles. The van der Waals surface area contributed by atoms with Crippen molar-refractivity contribution in [3.05, 3.63) is 59.9 Å². The van der Waals surface area contributed by atoms with Crippen molar-refractivity contribution in [2.75, 3.05) is 26.0 Å². The maximum absolute atomic E-state index is 12.9. The highest BCUT2D eigenvalue weighted by atomic mass is 19.1. The Balaban J connectivity index is 1.80. The van der Waals surface area contributed by atoms with Crippen molar-refractivity contribution in [2.24, 2.45) is 0 Å². The monoisotopic (exact) mass is 373 g/mol. The van der Waals surface area contributed by atoms with E-state index in [2.05, 4.69) is 10.6 Å². The van der Waals surface area contributed by atoms with Crippen molar-refractivity contribution in [1.29, 1.82) is 0 Å². The predicted molar refractivity (Wildman–Crippen MR) is 102 cm³/mol. The Bertz CT molecular complexity index is 763. The summed E-state index contributed by atoms with van der Waals surface area (Å²) in [6, 6.07) is 12.4. The molecule has 2 amide bonds. The number of carbonyl (C=O) groups excluding carboxylic acids is 2. The van der Waals surface area contributed by atoms with Crippen molar-refractivity contribution in [3.63, 3.8) is 0 Å². The Hall–Kier alpha value is -2.93. The molecule has 2 aromatic rings. The average molecular weight is 373 g/mol. The van der Waals surface area contributed by atoms with Crippen molar-refractivity contribution in [2.45, 2.75) is 19.5 Å². The number of carbonyl (C=O) groups is 2. The topological polar surface area (TPSA) is 70.7 Å². The van der Waals surface area contributed by atoms with Crippen LogP contribution in [0, 0.1) is 5.82 Å². The van der Waals surface area contributed by atoms with Crippen LogP contribution in [0.5, 0.6) is 5.75 Å². The van der Waals surface area contributed by atoms with Crippen LogP contribution in [0.3, 0.4) is 0 Å². The molecule has 7 heteroatoms. The molecular weight excluding hydrogens is 349 g/mol. The molecule has 0 saturated heterocycles. The third-order valence-electron chi connectivity index (χ3n) is 4.19. The van der Waals surface area contributed by atoms with Gasteiger partial charge in [-0.1, -0.05) is 12.1 Å². The molecule has 0 aliphatic rings. The average Bonchev–Trinajstić information content (AvgIpc) is 2.67. The summed E-state index contributed by atoms with van der Waals surface area (Å²) < 4.78 is 18.0. The van der Waals surface area contributed by atoms with E-state index in [1.54, 1.807) is 26.0 Å². The second kappa shape index (κ2) is 9.68. The number of nitrogens with one attached hydrogen (secondary N) is 2. The number of benzene rings is 2. The Kier molecular flexibility index (Phi) is 7.31. The molecule has 0 aliphatic carbocycles. The molecule has 2 N–H and O–H groups in total. The van der Waals surface area contributed by atoms with Crippen molar-refractivity contribution < 1.29 is 18.7 Å². The fourth-order valence-corrected chi connectivity index (χ4v) is 2.38. The van der Waals surface area contributed by atoms with E-state index in [-0.39, 0.29) is 24.2 Å². The summed E-state index contributed by atoms with van der Waals surface area (Å²) in [4.78, 5) is 26.0. The molecule has 0 unspecified atom stereocenters. The van der Waals surface area contributed by atoms with E-state index < -0.39 is 6.04 Å². The molecule has 0 radical (unpaired) electrons. The van der Waals surface area contributed by atoms with Crippen LogP contribution >= 0.6 is 0 Å². The minimum Gasteiger partial charge on any atom is -0.497 e. The zero-order valence-electron chi connectivity index (χ0n) is 15.7. The van der Waals surface area contributed by atoms with Gasteiger partial charge in [-0.15, -0.1) is 0 Å². The number of hydrogen-bond donors (Lipinski definition) is 2. The van der Waals surface area contributed by atoms with E-state index >= 15 is 0 Å². The minimum atomic E-state index is -0.484. The first-order valence-corrected chi connectivity index (χ1v) is 8.55. The van der Waals surface area contributed by atoms with E-state index in [0.29, 0.717) is 12.2 Å². The fourth-order valence-electron chi connectivity index (χ4n) is 2.38. The molecule has 2 rings (SSSR count). The Morgan fingerprint density at radius 2 is 1.74 bits per heavy atom. The molecule has 0 spiro atoms. The lowest BCUT2D eigenvalue weighted by Gasteiger charge is -2.23. The van der Waals surface area contributed by atoms with Crippen molar-refractivity contribution in [1.82, 2.24) is 10.2 Å². The second-order valence-electron chi connectivity index (χ2n) is 6.21. The van der Waals surface area contributed by atoms with E-state index in [9.17, 15) is 14.0 Å². The van der Waals surface area contributed by atoms with Gasteiger partial charge in [0.1, 0.15) is 11.6 Å². The molecule has 2 aromatic carbocycles. The zero-order valence-corrected chi connectivity index (χ0v) is 15.7. The largest absolute Gasteiger partial charge is 0.497 e. The van der Waals surface area contributed by atoms with Gasteiger partial charge in [-0.3, -0.25) is 14.5 Å². The highest BCUT2D eigenvalue weighted by Gasteiger charge is 2.20. The van der Waals surface area contributed by atoms with Crippen LogP contribution in [0.4, 0.5) is 10.1 Å². The van der Waals surface area contributed by atoms with E-state index in [4.69, 9.17) is 4.74 Å². The quantitative estimate of drug-likeness (QED) is 0.746. The lowest BCUT2D eigenvalue weighted by atomic mass is 10.2. The number of hydrogen-bond acceptors (Lipinski definition) is 4. The van der Waals surface area contributed by atoms with E-state index in [1.807, 2.05) is 24.3 Å². The summed E-state index contributed by atoms with van der Waals surface area (Å²) in [5.41, 5.74) is 1.46. The van der Waals surface area contributed by atoms with Crippen LogP contribution in [-0.4, -0.2) is 43.5 Å². The highest BCUT2D eigenvalue weighted by Crippen LogP contribution is 2.11. The van der Waals surface area contributed by atoms with Crippen LogP contribution in [0.15, 0.2) is 48.5 Å². The third-order valence-corrected chi connectivity index (χ3v) is 4.19. The normalized spacial score (nSPS) is 11.7. The summed E-state index contributed by atoms with van der Waals surface area (Å²) >= 11 is 0. The van der Waals surface area contributed by atoms with Crippen LogP contribution in [-0.2, 0) is 16.1 Å². The van der Waals surface area contributed by atoms with E-state index in [1.165, 1.54) is 24.3 Å². The van der Waals surface area contributed by atoms with Crippen LogP contribution < -0.4 is 15.4 Å². The number of likely N-dealkylation sites (N-methyl/N-ethyl adjacent to an activating group) is 1. The first-order chi connectivity index (χ1) is 12.9. The SMILES string of the molecule is COc1ccc(CNC(=O)[C@H](C)N(C)CC(=O)Nc2ccc(F)cc2)cc1. The minimum absolute atomic E-state index is 0.0362. The lowest BCUT2D eigenvalue weighted by molar-refractivity contribution is -0.126. The number of ether oxygens (including phenoxy) is 1. The fraction of sp³-hybridized carbons (Fsp3) is 0.300. The molecule has 0 saturated carbocycles. The summed E-state index contributed by atoms with van der Waals surface area (Å²) in [7, 11) is 3.29. The summed E-state index contributed by atoms with van der Waals surface area (Å²) in [6.07, 6.45) is 0. The second-order valence-corrected chi connectivity index (χ2v) is 6.21. The molecule has 1 atom stereocenters. The molecule has 0 heterocycles. The summed E-state index contributed by atoms with van der Waals surface area (Å²) in [6.45, 7) is 2.16. The van der Waals surface area contributed by atoms with Gasteiger partial charge in [0, 0.05) is 12.2 Å². The maximum Gasteiger partial charge on any atom is 0.238 e. The number of halogens is 1. The van der Waals surface area contributed by atoms with Crippen molar-refractivity contribution in [3.8, 4) is 5.75 Å². The number of amides is 2. The van der Waals surface area contributed by atoms with Gasteiger partial charge < -0.3 is 15.4 Å². The molecule has 144 valence electrons. The molecule has 0 bridgehead atoms. The van der Waals surface area contributed by atoms with Gasteiger partial charge in [0.25, 0.3) is 0 Å². The number of anilines is 1. The highest BCUT2D eigenvalue weighted by molar-refractivity contribution is 5.92. The van der Waals surface area contributed by atoms with Gasteiger partial charge in [-0.05, 0) is 55.9 Å². The van der Waals surface area contributed by atoms with Crippen LogP contribution in [0.25, 0.3) is 0 Å². The van der Waals surface area contributed by atoms with Gasteiger partial charge >= 0.3 is 0 Å². The molecule has 27 heavy (non-hydrogen) atoms. The Labute approximate surface area is 158 Å². The first kappa shape index (κ1) is 20.4. The summed E-state index contributed by atoms with van der Waals surface area (Å²) in [5.74, 6) is -0.0700. The predicted octanol–water partition coefficient (Wildman–Crippen LogP) is 2.41. The van der Waals surface area contributed by atoms with Gasteiger partial charge in [0.2, 0.25) is 11.8 Å². The van der Waals surface area contributed by atoms with Gasteiger partial charge in [0.15, 0.2) is 0 Å². The standard InChI is InChI=1S/C20H24FN3O3/c1-14(20(26)22-12-15-4-10-18(27-3)11-5-15)24(2)13-19(25)23-17-8-6-16(21)7-9-17/h4-11,14H,12-13H2,1-3H3,(H,22,26)(H,23,25)/t14-/m0/s1.